The highest BCUT2D eigenvalue weighted by molar-refractivity contribution is 7.48. The monoisotopic (exact) mass is 749 g/mol. The molecule has 0 saturated heterocycles. The molecular weight excluding hydrogens is 680 g/mol. The molecule has 2 unspecified atom stereocenters. The number of amides is 1. The second-order valence-electron chi connectivity index (χ2n) is 13.5. The summed E-state index contributed by atoms with van der Waals surface area (Å²) in [6, 6.07) is 7.39. The van der Waals surface area contributed by atoms with E-state index in [0.717, 1.165) is 90.0 Å². The Balaban J connectivity index is 2.56. The molecule has 0 spiro atoms. The Hall–Kier alpha value is -2.29. The lowest BCUT2D eigenvalue weighted by Crippen LogP contribution is -2.28. The fourth-order valence-corrected chi connectivity index (χ4v) is 7.45. The Labute approximate surface area is 317 Å². The van der Waals surface area contributed by atoms with E-state index in [2.05, 4.69) is 10.6 Å². The molecule has 0 aliphatic carbocycles. The molecule has 0 aromatic heterocycles. The van der Waals surface area contributed by atoms with Crippen molar-refractivity contribution < 1.29 is 37.1 Å². The molecule has 0 aliphatic rings. The van der Waals surface area contributed by atoms with Crippen LogP contribution in [0.1, 0.15) is 129 Å². The number of hydrogen-bond donors (Lipinski definition) is 2. The second-order valence-corrected chi connectivity index (χ2v) is 15.2. The largest absolute Gasteiger partial charge is 0.496 e. The van der Waals surface area contributed by atoms with Gasteiger partial charge >= 0.3 is 7.82 Å². The number of methoxy groups -OCH3 is 2. The normalized spacial score (nSPS) is 13.5. The zero-order valence-corrected chi connectivity index (χ0v) is 33.7. The van der Waals surface area contributed by atoms with Gasteiger partial charge in [-0.3, -0.25) is 18.4 Å². The van der Waals surface area contributed by atoms with E-state index in [9.17, 15) is 9.36 Å². The van der Waals surface area contributed by atoms with Crippen LogP contribution in [-0.4, -0.2) is 74.5 Å². The molecule has 2 atom stereocenters. The number of carbonyl (C=O) groups excluding carboxylic acids is 1. The fourth-order valence-electron chi connectivity index (χ4n) is 6.21. The third kappa shape index (κ3) is 23.4. The van der Waals surface area contributed by atoms with Crippen molar-refractivity contribution in [3.63, 3.8) is 0 Å². The number of nitrogens with one attached hydrogen (secondary N) is 2. The first-order valence-corrected chi connectivity index (χ1v) is 21.1. The van der Waals surface area contributed by atoms with Gasteiger partial charge in [0.25, 0.3) is 0 Å². The number of nitrogens with zero attached hydrogens (tertiary/aromatic N) is 1. The quantitative estimate of drug-likeness (QED) is 0.0388. The van der Waals surface area contributed by atoms with E-state index in [1.807, 2.05) is 20.0 Å². The molecule has 0 aliphatic heterocycles. The lowest BCUT2D eigenvalue weighted by molar-refractivity contribution is -0.121. The van der Waals surface area contributed by atoms with Gasteiger partial charge in [-0.25, -0.2) is 4.57 Å². The van der Waals surface area contributed by atoms with Gasteiger partial charge in [-0.1, -0.05) is 64.6 Å². The molecule has 1 aromatic rings. The maximum Gasteiger partial charge on any atom is 0.474 e. The summed E-state index contributed by atoms with van der Waals surface area (Å²) in [5.74, 6) is 2.03. The van der Waals surface area contributed by atoms with Crippen molar-refractivity contribution in [2.45, 2.75) is 135 Å². The summed E-state index contributed by atoms with van der Waals surface area (Å²) in [4.78, 5) is 12.6. The highest BCUT2D eigenvalue weighted by atomic mass is 31.2. The van der Waals surface area contributed by atoms with Gasteiger partial charge in [0, 0.05) is 31.2 Å². The highest BCUT2D eigenvalue weighted by Crippen LogP contribution is 2.50. The van der Waals surface area contributed by atoms with Crippen LogP contribution in [0.2, 0.25) is 6.32 Å². The van der Waals surface area contributed by atoms with Gasteiger partial charge in [0.05, 0.1) is 61.0 Å². The average molecular weight is 750 g/mol. The minimum Gasteiger partial charge on any atom is -0.496 e. The van der Waals surface area contributed by atoms with E-state index in [4.69, 9.17) is 40.9 Å². The number of benzene rings is 1. The molecule has 0 heterocycles. The Morgan fingerprint density at radius 2 is 1.33 bits per heavy atom. The number of carbonyl (C=O) groups is 1. The van der Waals surface area contributed by atoms with E-state index in [0.29, 0.717) is 62.8 Å². The Kier molecular flexibility index (Phi) is 28.6. The van der Waals surface area contributed by atoms with Crippen LogP contribution < -0.4 is 24.8 Å². The summed E-state index contributed by atoms with van der Waals surface area (Å²) in [7, 11) is 7.46. The SMILES string of the molecule is [B]CCCCC(CCCCCCCOP(=O)(OCCC#N)OCCCC)(CCCCNC)CCCNC(=O)CCCOc1cc(OC)cc(OC)c1. The predicted molar refractivity (Wildman–Crippen MR) is 209 cm³/mol. The summed E-state index contributed by atoms with van der Waals surface area (Å²) in [6.07, 6.45) is 18.7. The minimum absolute atomic E-state index is 0.0338. The van der Waals surface area contributed by atoms with Crippen LogP contribution in [0.3, 0.4) is 0 Å². The third-order valence-corrected chi connectivity index (χ3v) is 10.7. The van der Waals surface area contributed by atoms with Crippen molar-refractivity contribution in [1.29, 1.82) is 5.26 Å². The zero-order valence-electron chi connectivity index (χ0n) is 32.9. The molecular formula is C39H69BN3O8P. The van der Waals surface area contributed by atoms with Gasteiger partial charge in [0.1, 0.15) is 17.2 Å². The number of ether oxygens (including phenoxy) is 3. The molecule has 2 radical (unpaired) electrons. The molecule has 296 valence electrons. The molecule has 1 rings (SSSR count). The van der Waals surface area contributed by atoms with Crippen LogP contribution in [0.5, 0.6) is 17.2 Å². The van der Waals surface area contributed by atoms with E-state index in [-0.39, 0.29) is 24.3 Å². The summed E-state index contributed by atoms with van der Waals surface area (Å²) >= 11 is 0. The van der Waals surface area contributed by atoms with Gasteiger partial charge < -0.3 is 24.8 Å². The van der Waals surface area contributed by atoms with Crippen LogP contribution in [0.15, 0.2) is 18.2 Å². The lowest BCUT2D eigenvalue weighted by Gasteiger charge is -2.35. The van der Waals surface area contributed by atoms with Crippen LogP contribution in [-0.2, 0) is 22.9 Å². The number of phosphoric acid groups is 1. The van der Waals surface area contributed by atoms with Crippen LogP contribution in [0.4, 0.5) is 0 Å². The van der Waals surface area contributed by atoms with Crippen molar-refractivity contribution in [3.8, 4) is 23.3 Å². The van der Waals surface area contributed by atoms with E-state index < -0.39 is 7.82 Å². The van der Waals surface area contributed by atoms with Crippen molar-refractivity contribution in [1.82, 2.24) is 10.6 Å². The minimum atomic E-state index is -3.64. The molecule has 0 bridgehead atoms. The van der Waals surface area contributed by atoms with Gasteiger partial charge in [-0.2, -0.15) is 5.26 Å². The number of hydrogen-bond acceptors (Lipinski definition) is 10. The van der Waals surface area contributed by atoms with E-state index in [1.54, 1.807) is 32.4 Å². The molecule has 11 nitrogen and oxygen atoms in total. The molecule has 13 heteroatoms. The van der Waals surface area contributed by atoms with Gasteiger partial charge in [0.15, 0.2) is 0 Å². The van der Waals surface area contributed by atoms with Gasteiger partial charge in [-0.05, 0) is 76.8 Å². The molecule has 2 N–H and O–H groups in total. The smallest absolute Gasteiger partial charge is 0.474 e. The van der Waals surface area contributed by atoms with Crippen LogP contribution >= 0.6 is 7.82 Å². The maximum atomic E-state index is 12.9. The molecule has 0 saturated carbocycles. The Morgan fingerprint density at radius 1 is 0.750 bits per heavy atom. The number of nitriles is 1. The van der Waals surface area contributed by atoms with Crippen molar-refractivity contribution in [2.75, 3.05) is 60.8 Å². The van der Waals surface area contributed by atoms with E-state index >= 15 is 0 Å². The Bertz CT molecular complexity index is 1120. The zero-order chi connectivity index (χ0) is 38.2. The van der Waals surface area contributed by atoms with E-state index in [1.165, 1.54) is 19.3 Å². The summed E-state index contributed by atoms with van der Waals surface area (Å²) in [5, 5.41) is 15.2. The average Bonchev–Trinajstić information content (AvgIpc) is 3.15. The molecule has 1 aromatic carbocycles. The van der Waals surface area contributed by atoms with Gasteiger partial charge in [0.2, 0.25) is 5.91 Å². The Morgan fingerprint density at radius 3 is 1.96 bits per heavy atom. The van der Waals surface area contributed by atoms with Crippen LogP contribution in [0.25, 0.3) is 0 Å². The third-order valence-electron chi connectivity index (χ3n) is 9.20. The van der Waals surface area contributed by atoms with Crippen molar-refractivity contribution >= 4 is 21.6 Å². The number of rotatable bonds is 36. The maximum absolute atomic E-state index is 12.9. The first-order valence-electron chi connectivity index (χ1n) is 19.7. The van der Waals surface area contributed by atoms with Crippen LogP contribution in [0, 0.1) is 16.7 Å². The fraction of sp³-hybridized carbons (Fsp3) is 0.795. The summed E-state index contributed by atoms with van der Waals surface area (Å²) < 4.78 is 45.7. The topological polar surface area (TPSA) is 137 Å². The van der Waals surface area contributed by atoms with Crippen molar-refractivity contribution in [2.24, 2.45) is 5.41 Å². The number of phosphoric ester groups is 1. The second kappa shape index (κ2) is 31.1. The molecule has 1 amide bonds. The predicted octanol–water partition coefficient (Wildman–Crippen LogP) is 9.10. The summed E-state index contributed by atoms with van der Waals surface area (Å²) in [6.45, 7) is 4.81. The highest BCUT2D eigenvalue weighted by Gasteiger charge is 2.29. The van der Waals surface area contributed by atoms with Gasteiger partial charge in [-0.15, -0.1) is 0 Å². The standard InChI is InChI=1S/C39H69BN3O8P/c1-5-6-29-49-52(45,51-31-18-25-41)50-30-15-9-7-8-10-20-39(21-11-13-24-40,22-12-14-26-42-2)23-17-27-43-38(44)19-16-28-48-37-33-35(46-3)32-36(34-37)47-4/h32-34,42H,5-24,26-31H2,1-4H3,(H,43,44). The first-order chi connectivity index (χ1) is 25.3. The lowest BCUT2D eigenvalue weighted by atomic mass is 9.71. The van der Waals surface area contributed by atoms with Crippen molar-refractivity contribution in [3.05, 3.63) is 18.2 Å². The molecule has 0 fully saturated rings. The number of unbranched alkanes of at least 4 members (excludes halogenated alkanes) is 7. The molecule has 52 heavy (non-hydrogen) atoms. The first kappa shape index (κ1) is 47.7. The summed E-state index contributed by atoms with van der Waals surface area (Å²) in [5.41, 5.74) is 0.242.